The van der Waals surface area contributed by atoms with Crippen molar-refractivity contribution in [2.75, 3.05) is 7.11 Å². The minimum Gasteiger partial charge on any atom is -0.494 e. The van der Waals surface area contributed by atoms with Crippen LogP contribution in [0.4, 0.5) is 8.78 Å². The molecule has 0 unspecified atom stereocenters. The van der Waals surface area contributed by atoms with Crippen LogP contribution in [0.5, 0.6) is 5.75 Å². The molecule has 126 valence electrons. The molecule has 1 aromatic heterocycles. The summed E-state index contributed by atoms with van der Waals surface area (Å²) in [6.45, 7) is -0.0279. The molecule has 0 atom stereocenters. The van der Waals surface area contributed by atoms with E-state index in [9.17, 15) is 17.2 Å². The third-order valence-corrected chi connectivity index (χ3v) is 3.79. The quantitative estimate of drug-likeness (QED) is 0.675. The fraction of sp³-hybridized carbons (Fsp3) is 0.143. The van der Waals surface area contributed by atoms with Gasteiger partial charge >= 0.3 is 0 Å². The number of aromatic nitrogens is 3. The first kappa shape index (κ1) is 16.3. The first-order valence-electron chi connectivity index (χ1n) is 6.75. The number of thiol groups is 1. The van der Waals surface area contributed by atoms with Gasteiger partial charge in [0.05, 0.1) is 12.6 Å². The van der Waals surface area contributed by atoms with E-state index in [1.54, 1.807) is 0 Å². The predicted octanol–water partition coefficient (Wildman–Crippen LogP) is 1.32. The summed E-state index contributed by atoms with van der Waals surface area (Å²) in [5.74, 6) is -1.24. The Kier molecular flexibility index (Phi) is 4.40. The summed E-state index contributed by atoms with van der Waals surface area (Å²) in [6, 6.07) is 6.66. The maximum Gasteiger partial charge on any atom is 0.201 e. The van der Waals surface area contributed by atoms with Crippen LogP contribution in [-0.2, 0) is 17.4 Å². The molecule has 0 fully saturated rings. The lowest BCUT2D eigenvalue weighted by molar-refractivity contribution is 0.387. The monoisotopic (exact) mass is 354 g/mol. The first-order chi connectivity index (χ1) is 11.5. The molecular weight excluding hydrogens is 342 g/mol. The Morgan fingerprint density at radius 1 is 1.21 bits per heavy atom. The molecule has 10 heteroatoms. The van der Waals surface area contributed by atoms with Gasteiger partial charge in [-0.2, -0.15) is 0 Å². The van der Waals surface area contributed by atoms with Crippen molar-refractivity contribution in [3.8, 4) is 11.4 Å². The van der Waals surface area contributed by atoms with Crippen molar-refractivity contribution < 1.29 is 21.9 Å². The summed E-state index contributed by atoms with van der Waals surface area (Å²) >= 11 is 0. The van der Waals surface area contributed by atoms with Gasteiger partial charge in [-0.25, -0.2) is 26.6 Å². The minimum atomic E-state index is -2.76. The molecule has 0 bridgehead atoms. The normalized spacial score (nSPS) is 11.3. The molecule has 0 saturated carbocycles. The van der Waals surface area contributed by atoms with Crippen molar-refractivity contribution in [1.29, 1.82) is 0 Å². The van der Waals surface area contributed by atoms with Crippen LogP contribution in [0.25, 0.3) is 16.7 Å². The second-order valence-corrected chi connectivity index (χ2v) is 5.68. The number of fused-ring (bicyclic) bond motifs is 1. The Morgan fingerprint density at radius 3 is 2.67 bits per heavy atom. The number of methoxy groups -OCH3 is 1. The van der Waals surface area contributed by atoms with Crippen LogP contribution in [0, 0.1) is 11.6 Å². The molecule has 0 radical (unpaired) electrons. The molecule has 3 aromatic rings. The number of hydrogen-bond acceptors (Lipinski definition) is 5. The van der Waals surface area contributed by atoms with E-state index in [4.69, 9.17) is 4.74 Å². The fourth-order valence-corrected chi connectivity index (χ4v) is 2.56. The smallest absolute Gasteiger partial charge is 0.201 e. The maximum atomic E-state index is 14.3. The highest BCUT2D eigenvalue weighted by atomic mass is 32.2. The van der Waals surface area contributed by atoms with E-state index in [-0.39, 0.29) is 23.5 Å². The minimum absolute atomic E-state index is 0.0168. The van der Waals surface area contributed by atoms with Gasteiger partial charge in [0.2, 0.25) is 10.9 Å². The maximum absolute atomic E-state index is 14.3. The highest BCUT2D eigenvalue weighted by molar-refractivity contribution is 7.70. The van der Waals surface area contributed by atoms with E-state index in [0.717, 1.165) is 6.07 Å². The molecule has 7 nitrogen and oxygen atoms in total. The molecular formula is C14H12F2N4O3S. The Bertz CT molecular complexity index is 980. The van der Waals surface area contributed by atoms with Gasteiger partial charge in [-0.05, 0) is 17.7 Å². The van der Waals surface area contributed by atoms with Crippen molar-refractivity contribution in [2.24, 2.45) is 0 Å². The van der Waals surface area contributed by atoms with Crippen LogP contribution in [0.1, 0.15) is 5.56 Å². The van der Waals surface area contributed by atoms with Gasteiger partial charge in [-0.1, -0.05) is 11.3 Å². The van der Waals surface area contributed by atoms with Gasteiger partial charge in [0, 0.05) is 18.7 Å². The number of nitrogens with zero attached hydrogens (tertiary/aromatic N) is 3. The van der Waals surface area contributed by atoms with Gasteiger partial charge in [0.1, 0.15) is 17.0 Å². The van der Waals surface area contributed by atoms with E-state index < -0.39 is 22.5 Å². The summed E-state index contributed by atoms with van der Waals surface area (Å²) < 4.78 is 57.4. The van der Waals surface area contributed by atoms with Crippen LogP contribution in [0.15, 0.2) is 30.3 Å². The Labute approximate surface area is 136 Å². The zero-order chi connectivity index (χ0) is 17.3. The van der Waals surface area contributed by atoms with E-state index in [2.05, 4.69) is 15.0 Å². The van der Waals surface area contributed by atoms with Crippen LogP contribution in [0.3, 0.4) is 0 Å². The fourth-order valence-electron chi connectivity index (χ4n) is 2.25. The highest BCUT2D eigenvalue weighted by Gasteiger charge is 2.15. The molecule has 3 rings (SSSR count). The lowest BCUT2D eigenvalue weighted by atomic mass is 10.2. The molecule has 0 amide bonds. The number of halogens is 2. The summed E-state index contributed by atoms with van der Waals surface area (Å²) in [5.41, 5.74) is 1.13. The number of hydrogen-bond donors (Lipinski definition) is 2. The third-order valence-electron chi connectivity index (χ3n) is 3.37. The molecule has 0 aliphatic rings. The molecule has 0 saturated heterocycles. The molecule has 24 heavy (non-hydrogen) atoms. The molecule has 1 heterocycles. The van der Waals surface area contributed by atoms with E-state index in [0.29, 0.717) is 11.1 Å². The SMILES string of the molecule is COc1cc2nnn(-c3ccc(CN[SH](=O)=O)cc3F)c2cc1F. The second-order valence-electron chi connectivity index (χ2n) is 4.85. The third kappa shape index (κ3) is 3.05. The number of benzene rings is 2. The zero-order valence-corrected chi connectivity index (χ0v) is 13.3. The van der Waals surface area contributed by atoms with Gasteiger partial charge in [-0.15, -0.1) is 5.10 Å². The van der Waals surface area contributed by atoms with E-state index in [1.165, 1.54) is 36.1 Å². The van der Waals surface area contributed by atoms with E-state index in [1.807, 2.05) is 0 Å². The molecule has 0 spiro atoms. The van der Waals surface area contributed by atoms with Gasteiger partial charge < -0.3 is 4.74 Å². The van der Waals surface area contributed by atoms with Crippen LogP contribution in [-0.4, -0.2) is 30.5 Å². The topological polar surface area (TPSA) is 86.1 Å². The summed E-state index contributed by atoms with van der Waals surface area (Å²) in [7, 11) is -1.43. The predicted molar refractivity (Wildman–Crippen MR) is 82.5 cm³/mol. The standard InChI is InChI=1S/C14H12F2N4O3S/c1-23-14-6-11-13(5-10(14)16)20(19-18-11)12-3-2-8(4-9(12)15)7-17-24(21)22/h2-6,24H,7H2,1H3,(H,17,21,22). The van der Waals surface area contributed by atoms with Crippen molar-refractivity contribution in [1.82, 2.24) is 19.7 Å². The van der Waals surface area contributed by atoms with Gasteiger partial charge in [0.15, 0.2) is 11.6 Å². The molecule has 1 N–H and O–H groups in total. The van der Waals surface area contributed by atoms with Crippen LogP contribution < -0.4 is 9.46 Å². The van der Waals surface area contributed by atoms with Crippen LogP contribution >= 0.6 is 0 Å². The zero-order valence-electron chi connectivity index (χ0n) is 12.4. The number of nitrogens with one attached hydrogen (secondary N) is 1. The van der Waals surface area contributed by atoms with E-state index >= 15 is 0 Å². The lowest BCUT2D eigenvalue weighted by Gasteiger charge is -2.07. The second kappa shape index (κ2) is 6.49. The lowest BCUT2D eigenvalue weighted by Crippen LogP contribution is -2.11. The number of rotatable bonds is 5. The molecule has 0 aliphatic carbocycles. The largest absolute Gasteiger partial charge is 0.494 e. The number of ether oxygens (including phenoxy) is 1. The molecule has 2 aromatic carbocycles. The average Bonchev–Trinajstić information content (AvgIpc) is 2.94. The summed E-state index contributed by atoms with van der Waals surface area (Å²) in [4.78, 5) is 0. The van der Waals surface area contributed by atoms with Gasteiger partial charge in [-0.3, -0.25) is 0 Å². The Balaban J connectivity index is 2.02. The van der Waals surface area contributed by atoms with Crippen molar-refractivity contribution in [2.45, 2.75) is 6.54 Å². The van der Waals surface area contributed by atoms with Gasteiger partial charge in [0.25, 0.3) is 0 Å². The summed E-state index contributed by atoms with van der Waals surface area (Å²) in [5, 5.41) is 7.71. The Hall–Kier alpha value is -2.59. The highest BCUT2D eigenvalue weighted by Crippen LogP contribution is 2.25. The van der Waals surface area contributed by atoms with Crippen LogP contribution in [0.2, 0.25) is 0 Å². The van der Waals surface area contributed by atoms with Crippen molar-refractivity contribution in [3.05, 3.63) is 47.5 Å². The average molecular weight is 354 g/mol. The molecule has 0 aliphatic heterocycles. The van der Waals surface area contributed by atoms with Crippen molar-refractivity contribution >= 4 is 21.9 Å². The van der Waals surface area contributed by atoms with Crippen molar-refractivity contribution in [3.63, 3.8) is 0 Å². The summed E-state index contributed by atoms with van der Waals surface area (Å²) in [6.07, 6.45) is 0. The first-order valence-corrected chi connectivity index (χ1v) is 7.93. The Morgan fingerprint density at radius 2 is 2.00 bits per heavy atom.